The molecule has 1 aliphatic heterocycles. The van der Waals surface area contributed by atoms with E-state index >= 15 is 0 Å². The van der Waals surface area contributed by atoms with E-state index in [2.05, 4.69) is 25.2 Å². The lowest BCUT2D eigenvalue weighted by Crippen LogP contribution is -2.49. The number of rotatable bonds is 8. The van der Waals surface area contributed by atoms with E-state index < -0.39 is 5.97 Å². The zero-order chi connectivity index (χ0) is 29.4. The zero-order valence-corrected chi connectivity index (χ0v) is 24.2. The normalized spacial score (nSPS) is 13.6. The standard InChI is InChI=1S/C32H29ClN6O3/c1-18-22(7-5-10-25(18)37-30-29-27(11-6-14-34-29)35-19(2)36-30)23-8-4-9-24(28(23)33)26-13-12-20(31(38-26)42-3)15-39-16-21(17-39)32(40)41/h4-14,21H,15-17H2,1-3H3,(H,40,41)(H,35,36,37). The Labute approximate surface area is 248 Å². The van der Waals surface area contributed by atoms with E-state index in [1.807, 2.05) is 74.5 Å². The molecular formula is C32H29ClN6O3. The minimum absolute atomic E-state index is 0.317. The summed E-state index contributed by atoms with van der Waals surface area (Å²) in [5.41, 5.74) is 7.60. The van der Waals surface area contributed by atoms with Crippen LogP contribution in [0.2, 0.25) is 5.02 Å². The van der Waals surface area contributed by atoms with Gasteiger partial charge in [-0.1, -0.05) is 48.0 Å². The number of fused-ring (bicyclic) bond motifs is 1. The highest BCUT2D eigenvalue weighted by Crippen LogP contribution is 2.40. The fourth-order valence-corrected chi connectivity index (χ4v) is 5.64. The third-order valence-electron chi connectivity index (χ3n) is 7.55. The van der Waals surface area contributed by atoms with Crippen molar-refractivity contribution in [1.29, 1.82) is 0 Å². The van der Waals surface area contributed by atoms with Gasteiger partial charge in [-0.15, -0.1) is 0 Å². The van der Waals surface area contributed by atoms with E-state index in [4.69, 9.17) is 21.3 Å². The summed E-state index contributed by atoms with van der Waals surface area (Å²) in [6, 6.07) is 19.6. The highest BCUT2D eigenvalue weighted by Gasteiger charge is 2.32. The number of ether oxygens (including phenoxy) is 1. The van der Waals surface area contributed by atoms with Gasteiger partial charge in [0.15, 0.2) is 5.82 Å². The van der Waals surface area contributed by atoms with Crippen molar-refractivity contribution in [1.82, 2.24) is 24.8 Å². The van der Waals surface area contributed by atoms with Gasteiger partial charge in [0.2, 0.25) is 5.88 Å². The number of carboxylic acid groups (broad SMARTS) is 1. The molecule has 0 saturated carbocycles. The molecule has 10 heteroatoms. The monoisotopic (exact) mass is 580 g/mol. The number of hydrogen-bond acceptors (Lipinski definition) is 8. The maximum absolute atomic E-state index is 11.2. The van der Waals surface area contributed by atoms with Crippen LogP contribution in [0, 0.1) is 19.8 Å². The lowest BCUT2D eigenvalue weighted by atomic mass is 9.96. The number of anilines is 2. The number of methoxy groups -OCH3 is 1. The smallest absolute Gasteiger partial charge is 0.309 e. The number of nitrogens with one attached hydrogen (secondary N) is 1. The number of benzene rings is 2. The Morgan fingerprint density at radius 2 is 1.76 bits per heavy atom. The van der Waals surface area contributed by atoms with Crippen LogP contribution < -0.4 is 10.1 Å². The molecule has 0 unspecified atom stereocenters. The molecule has 1 aliphatic rings. The number of aliphatic carboxylic acids is 1. The molecule has 9 nitrogen and oxygen atoms in total. The molecule has 3 aromatic heterocycles. The Bertz CT molecular complexity index is 1820. The lowest BCUT2D eigenvalue weighted by Gasteiger charge is -2.36. The topological polar surface area (TPSA) is 113 Å². The van der Waals surface area contributed by atoms with Gasteiger partial charge >= 0.3 is 5.97 Å². The molecule has 2 aromatic carbocycles. The van der Waals surface area contributed by atoms with Crippen molar-refractivity contribution in [3.05, 3.63) is 88.8 Å². The van der Waals surface area contributed by atoms with Crippen molar-refractivity contribution in [3.63, 3.8) is 0 Å². The molecule has 0 radical (unpaired) electrons. The second kappa shape index (κ2) is 11.3. The highest BCUT2D eigenvalue weighted by molar-refractivity contribution is 6.36. The first-order valence-corrected chi connectivity index (χ1v) is 13.9. The summed E-state index contributed by atoms with van der Waals surface area (Å²) in [5, 5.41) is 13.2. The first-order valence-electron chi connectivity index (χ1n) is 13.6. The van der Waals surface area contributed by atoms with Crippen LogP contribution in [0.3, 0.4) is 0 Å². The van der Waals surface area contributed by atoms with E-state index in [1.165, 1.54) is 0 Å². The number of carboxylic acids is 1. The first kappa shape index (κ1) is 27.6. The van der Waals surface area contributed by atoms with Crippen LogP contribution in [0.4, 0.5) is 11.5 Å². The number of hydrogen-bond donors (Lipinski definition) is 2. The van der Waals surface area contributed by atoms with Gasteiger partial charge in [0.05, 0.1) is 29.3 Å². The molecule has 1 saturated heterocycles. The Morgan fingerprint density at radius 1 is 1.00 bits per heavy atom. The Balaban J connectivity index is 1.31. The van der Waals surface area contributed by atoms with Crippen LogP contribution in [0.1, 0.15) is 17.0 Å². The number of likely N-dealkylation sites (tertiary alicyclic amines) is 1. The molecule has 5 aromatic rings. The van der Waals surface area contributed by atoms with Crippen LogP contribution in [-0.2, 0) is 11.3 Å². The van der Waals surface area contributed by atoms with Crippen molar-refractivity contribution >= 4 is 40.1 Å². The average molecular weight is 581 g/mol. The summed E-state index contributed by atoms with van der Waals surface area (Å²) in [6.45, 7) is 5.52. The van der Waals surface area contributed by atoms with Crippen molar-refractivity contribution in [2.24, 2.45) is 5.92 Å². The molecule has 0 bridgehead atoms. The molecule has 0 spiro atoms. The quantitative estimate of drug-likeness (QED) is 0.218. The maximum Gasteiger partial charge on any atom is 0.309 e. The molecule has 0 atom stereocenters. The Hall–Kier alpha value is -4.60. The highest BCUT2D eigenvalue weighted by atomic mass is 35.5. The van der Waals surface area contributed by atoms with Gasteiger partial charge in [0, 0.05) is 48.2 Å². The minimum Gasteiger partial charge on any atom is -0.481 e. The second-order valence-electron chi connectivity index (χ2n) is 10.4. The van der Waals surface area contributed by atoms with Crippen LogP contribution in [0.25, 0.3) is 33.4 Å². The Kier molecular flexibility index (Phi) is 7.45. The number of carbonyl (C=O) groups is 1. The number of aromatic nitrogens is 4. The predicted octanol–water partition coefficient (Wildman–Crippen LogP) is 6.29. The maximum atomic E-state index is 11.2. The van der Waals surface area contributed by atoms with Crippen LogP contribution >= 0.6 is 11.6 Å². The fourth-order valence-electron chi connectivity index (χ4n) is 5.31. The summed E-state index contributed by atoms with van der Waals surface area (Å²) in [7, 11) is 1.59. The Morgan fingerprint density at radius 3 is 2.55 bits per heavy atom. The molecule has 212 valence electrons. The average Bonchev–Trinajstić information content (AvgIpc) is 2.96. The lowest BCUT2D eigenvalue weighted by molar-refractivity contribution is -0.147. The number of nitrogens with zero attached hydrogens (tertiary/aromatic N) is 5. The van der Waals surface area contributed by atoms with Crippen LogP contribution in [0.15, 0.2) is 66.9 Å². The van der Waals surface area contributed by atoms with Gasteiger partial charge in [-0.05, 0) is 49.2 Å². The third-order valence-corrected chi connectivity index (χ3v) is 7.96. The summed E-state index contributed by atoms with van der Waals surface area (Å²) < 4.78 is 5.62. The van der Waals surface area contributed by atoms with Gasteiger partial charge in [-0.3, -0.25) is 14.7 Å². The zero-order valence-electron chi connectivity index (χ0n) is 23.4. The van der Waals surface area contributed by atoms with Gasteiger partial charge in [0.1, 0.15) is 11.3 Å². The second-order valence-corrected chi connectivity index (χ2v) is 10.7. The summed E-state index contributed by atoms with van der Waals surface area (Å²) in [4.78, 5) is 31.6. The molecule has 0 aliphatic carbocycles. The molecule has 6 rings (SSSR count). The molecule has 1 fully saturated rings. The van der Waals surface area contributed by atoms with E-state index in [0.717, 1.165) is 39.0 Å². The summed E-state index contributed by atoms with van der Waals surface area (Å²) >= 11 is 7.06. The van der Waals surface area contributed by atoms with Crippen molar-refractivity contribution in [3.8, 4) is 28.3 Å². The fraction of sp³-hybridized carbons (Fsp3) is 0.219. The number of halogens is 1. The molecule has 0 amide bonds. The first-order chi connectivity index (χ1) is 20.3. The summed E-state index contributed by atoms with van der Waals surface area (Å²) in [6.07, 6.45) is 1.73. The van der Waals surface area contributed by atoms with Crippen molar-refractivity contribution in [2.75, 3.05) is 25.5 Å². The van der Waals surface area contributed by atoms with Gasteiger partial charge in [0.25, 0.3) is 0 Å². The van der Waals surface area contributed by atoms with Crippen molar-refractivity contribution in [2.45, 2.75) is 20.4 Å². The van der Waals surface area contributed by atoms with E-state index in [9.17, 15) is 9.90 Å². The van der Waals surface area contributed by atoms with E-state index in [0.29, 0.717) is 53.4 Å². The van der Waals surface area contributed by atoms with Crippen LogP contribution in [0.5, 0.6) is 5.88 Å². The van der Waals surface area contributed by atoms with Gasteiger partial charge < -0.3 is 15.2 Å². The van der Waals surface area contributed by atoms with E-state index in [-0.39, 0.29) is 5.92 Å². The number of aryl methyl sites for hydroxylation is 1. The van der Waals surface area contributed by atoms with Crippen LogP contribution in [-0.4, -0.2) is 56.1 Å². The minimum atomic E-state index is -0.757. The largest absolute Gasteiger partial charge is 0.481 e. The third kappa shape index (κ3) is 5.24. The summed E-state index contributed by atoms with van der Waals surface area (Å²) in [5.74, 6) is 0.726. The number of pyridine rings is 2. The van der Waals surface area contributed by atoms with Crippen molar-refractivity contribution < 1.29 is 14.6 Å². The molecular weight excluding hydrogens is 552 g/mol. The predicted molar refractivity (Wildman–Crippen MR) is 163 cm³/mol. The molecule has 4 heterocycles. The van der Waals surface area contributed by atoms with E-state index in [1.54, 1.807) is 13.3 Å². The molecule has 42 heavy (non-hydrogen) atoms. The van der Waals surface area contributed by atoms with Gasteiger partial charge in [-0.25, -0.2) is 15.0 Å². The molecule has 2 N–H and O–H groups in total. The SMILES string of the molecule is COc1nc(-c2cccc(-c3cccc(Nc4nc(C)nc5cccnc45)c3C)c2Cl)ccc1CN1CC(C(=O)O)C1. The van der Waals surface area contributed by atoms with Gasteiger partial charge in [-0.2, -0.15) is 0 Å².